The van der Waals surface area contributed by atoms with Crippen LogP contribution in [-0.4, -0.2) is 24.3 Å². The Morgan fingerprint density at radius 2 is 2.15 bits per heavy atom. The van der Waals surface area contributed by atoms with Gasteiger partial charge < -0.3 is 9.84 Å². The van der Waals surface area contributed by atoms with E-state index in [0.717, 1.165) is 19.3 Å². The van der Waals surface area contributed by atoms with Crippen LogP contribution < -0.4 is 0 Å². The Labute approximate surface area is 79.1 Å². The first-order valence-electron chi connectivity index (χ1n) is 4.88. The van der Waals surface area contributed by atoms with E-state index in [9.17, 15) is 4.79 Å². The van der Waals surface area contributed by atoms with Crippen molar-refractivity contribution in [2.75, 3.05) is 13.2 Å². The molecule has 1 aliphatic carbocycles. The van der Waals surface area contributed by atoms with Crippen LogP contribution in [0, 0.1) is 11.3 Å². The highest BCUT2D eigenvalue weighted by atomic mass is 16.5. The smallest absolute Gasteiger partial charge is 0.311 e. The molecule has 0 aromatic heterocycles. The van der Waals surface area contributed by atoms with Crippen LogP contribution in [0.4, 0.5) is 0 Å². The topological polar surface area (TPSA) is 46.5 Å². The maximum absolute atomic E-state index is 10.9. The van der Waals surface area contributed by atoms with Gasteiger partial charge in [0.2, 0.25) is 0 Å². The zero-order valence-electron chi connectivity index (χ0n) is 8.38. The predicted molar refractivity (Wildman–Crippen MR) is 49.6 cm³/mol. The van der Waals surface area contributed by atoms with Gasteiger partial charge in [-0.05, 0) is 18.8 Å². The highest BCUT2D eigenvalue weighted by Crippen LogP contribution is 2.41. The van der Waals surface area contributed by atoms with Crippen molar-refractivity contribution in [3.05, 3.63) is 0 Å². The van der Waals surface area contributed by atoms with E-state index in [1.165, 1.54) is 0 Å². The van der Waals surface area contributed by atoms with E-state index in [-0.39, 0.29) is 0 Å². The maximum atomic E-state index is 10.9. The summed E-state index contributed by atoms with van der Waals surface area (Å²) in [5.41, 5.74) is -0.547. The van der Waals surface area contributed by atoms with Crippen molar-refractivity contribution in [1.29, 1.82) is 0 Å². The quantitative estimate of drug-likeness (QED) is 0.713. The lowest BCUT2D eigenvalue weighted by atomic mass is 9.69. The van der Waals surface area contributed by atoms with Crippen LogP contribution in [0.25, 0.3) is 0 Å². The number of aliphatic carboxylic acids is 1. The van der Waals surface area contributed by atoms with E-state index in [2.05, 4.69) is 13.8 Å². The summed E-state index contributed by atoms with van der Waals surface area (Å²) in [7, 11) is 0. The summed E-state index contributed by atoms with van der Waals surface area (Å²) in [6.07, 6.45) is 2.58. The third kappa shape index (κ3) is 2.44. The molecule has 1 N–H and O–H groups in total. The molecule has 0 heterocycles. The molecule has 0 amide bonds. The molecule has 3 nitrogen and oxygen atoms in total. The van der Waals surface area contributed by atoms with Crippen molar-refractivity contribution in [2.45, 2.75) is 33.1 Å². The molecule has 0 bridgehead atoms. The number of hydrogen-bond donors (Lipinski definition) is 1. The number of carbonyl (C=O) groups is 1. The fourth-order valence-electron chi connectivity index (χ4n) is 1.51. The van der Waals surface area contributed by atoms with Gasteiger partial charge in [-0.15, -0.1) is 0 Å². The second-order valence-corrected chi connectivity index (χ2v) is 4.35. The second kappa shape index (κ2) is 4.09. The first-order chi connectivity index (χ1) is 6.07. The summed E-state index contributed by atoms with van der Waals surface area (Å²) < 4.78 is 5.38. The third-order valence-corrected chi connectivity index (χ3v) is 2.59. The summed E-state index contributed by atoms with van der Waals surface area (Å²) in [6, 6.07) is 0. The Bertz CT molecular complexity index is 183. The van der Waals surface area contributed by atoms with Gasteiger partial charge in [0.15, 0.2) is 0 Å². The molecule has 13 heavy (non-hydrogen) atoms. The fourth-order valence-corrected chi connectivity index (χ4v) is 1.51. The van der Waals surface area contributed by atoms with Gasteiger partial charge in [0, 0.05) is 6.61 Å². The Morgan fingerprint density at radius 3 is 2.46 bits per heavy atom. The van der Waals surface area contributed by atoms with E-state index in [1.807, 2.05) is 0 Å². The Hall–Kier alpha value is -0.570. The van der Waals surface area contributed by atoms with E-state index in [0.29, 0.717) is 19.1 Å². The molecule has 0 saturated heterocycles. The first-order valence-corrected chi connectivity index (χ1v) is 4.88. The van der Waals surface area contributed by atoms with Crippen molar-refractivity contribution in [3.63, 3.8) is 0 Å². The molecule has 0 aliphatic heterocycles. The van der Waals surface area contributed by atoms with Crippen molar-refractivity contribution >= 4 is 5.97 Å². The van der Waals surface area contributed by atoms with Crippen molar-refractivity contribution in [1.82, 2.24) is 0 Å². The van der Waals surface area contributed by atoms with Crippen molar-refractivity contribution in [3.8, 4) is 0 Å². The lowest BCUT2D eigenvalue weighted by Crippen LogP contribution is -2.42. The molecule has 76 valence electrons. The lowest BCUT2D eigenvalue weighted by molar-refractivity contribution is -0.160. The zero-order chi connectivity index (χ0) is 9.90. The fraction of sp³-hybridized carbons (Fsp3) is 0.900. The molecular weight excluding hydrogens is 168 g/mol. The van der Waals surface area contributed by atoms with Crippen LogP contribution in [0.3, 0.4) is 0 Å². The van der Waals surface area contributed by atoms with Crippen molar-refractivity contribution < 1.29 is 14.6 Å². The second-order valence-electron chi connectivity index (χ2n) is 4.35. The van der Waals surface area contributed by atoms with Crippen LogP contribution in [0.1, 0.15) is 33.1 Å². The van der Waals surface area contributed by atoms with Gasteiger partial charge in [-0.3, -0.25) is 4.79 Å². The van der Waals surface area contributed by atoms with Gasteiger partial charge in [0.1, 0.15) is 0 Å². The normalized spacial score (nSPS) is 19.9. The summed E-state index contributed by atoms with van der Waals surface area (Å²) in [4.78, 5) is 10.9. The molecule has 0 aromatic carbocycles. The molecule has 0 atom stereocenters. The average molecular weight is 186 g/mol. The summed E-state index contributed by atoms with van der Waals surface area (Å²) in [5.74, 6) is -0.214. The minimum absolute atomic E-state index is 0.389. The summed E-state index contributed by atoms with van der Waals surface area (Å²) in [5, 5.41) is 8.97. The minimum atomic E-state index is -0.692. The molecule has 1 aliphatic rings. The highest BCUT2D eigenvalue weighted by Gasteiger charge is 2.44. The van der Waals surface area contributed by atoms with Gasteiger partial charge in [0.25, 0.3) is 0 Å². The summed E-state index contributed by atoms with van der Waals surface area (Å²) >= 11 is 0. The molecule has 0 radical (unpaired) electrons. The van der Waals surface area contributed by atoms with E-state index in [1.54, 1.807) is 0 Å². The molecule has 0 unspecified atom stereocenters. The number of rotatable bonds is 5. The monoisotopic (exact) mass is 186 g/mol. The summed E-state index contributed by atoms with van der Waals surface area (Å²) in [6.45, 7) is 5.18. The number of hydrogen-bond acceptors (Lipinski definition) is 2. The SMILES string of the molecule is CC(C)COCC1(C(=O)O)CCC1. The average Bonchev–Trinajstić information content (AvgIpc) is 1.93. The molecule has 1 fully saturated rings. The largest absolute Gasteiger partial charge is 0.481 e. The number of ether oxygens (including phenoxy) is 1. The standard InChI is InChI=1S/C10H18O3/c1-8(2)6-13-7-10(9(11)12)4-3-5-10/h8H,3-7H2,1-2H3,(H,11,12). The minimum Gasteiger partial charge on any atom is -0.481 e. The molecule has 0 spiro atoms. The van der Waals surface area contributed by atoms with E-state index >= 15 is 0 Å². The Balaban J connectivity index is 2.28. The van der Waals surface area contributed by atoms with E-state index in [4.69, 9.17) is 9.84 Å². The lowest BCUT2D eigenvalue weighted by Gasteiger charge is -2.37. The van der Waals surface area contributed by atoms with Gasteiger partial charge in [-0.1, -0.05) is 20.3 Å². The van der Waals surface area contributed by atoms with Crippen LogP contribution >= 0.6 is 0 Å². The number of carboxylic acids is 1. The third-order valence-electron chi connectivity index (χ3n) is 2.59. The molecule has 0 aromatic rings. The molecular formula is C10H18O3. The van der Waals surface area contributed by atoms with Crippen LogP contribution in [0.15, 0.2) is 0 Å². The number of carboxylic acid groups (broad SMARTS) is 1. The maximum Gasteiger partial charge on any atom is 0.311 e. The highest BCUT2D eigenvalue weighted by molar-refractivity contribution is 5.75. The van der Waals surface area contributed by atoms with Gasteiger partial charge in [-0.2, -0.15) is 0 Å². The Kier molecular flexibility index (Phi) is 3.31. The van der Waals surface area contributed by atoms with Crippen LogP contribution in [-0.2, 0) is 9.53 Å². The van der Waals surface area contributed by atoms with Gasteiger partial charge >= 0.3 is 5.97 Å². The molecule has 1 saturated carbocycles. The Morgan fingerprint density at radius 1 is 1.54 bits per heavy atom. The predicted octanol–water partition coefficient (Wildman–Crippen LogP) is 1.91. The molecule has 1 rings (SSSR count). The van der Waals surface area contributed by atoms with Crippen LogP contribution in [0.5, 0.6) is 0 Å². The van der Waals surface area contributed by atoms with E-state index < -0.39 is 11.4 Å². The first kappa shape index (κ1) is 10.5. The van der Waals surface area contributed by atoms with Crippen LogP contribution in [0.2, 0.25) is 0 Å². The van der Waals surface area contributed by atoms with Crippen molar-refractivity contribution in [2.24, 2.45) is 11.3 Å². The van der Waals surface area contributed by atoms with Gasteiger partial charge in [-0.25, -0.2) is 0 Å². The zero-order valence-corrected chi connectivity index (χ0v) is 8.38. The van der Waals surface area contributed by atoms with Gasteiger partial charge in [0.05, 0.1) is 12.0 Å². The molecule has 3 heteroatoms.